The van der Waals surface area contributed by atoms with Gasteiger partial charge in [-0.15, -0.1) is 0 Å². The molecule has 10 heteroatoms. The van der Waals surface area contributed by atoms with Crippen molar-refractivity contribution >= 4 is 13.8 Å². The number of hydrogen-bond donors (Lipinski definition) is 3. The Hall–Kier alpha value is -1.84. The quantitative estimate of drug-likeness (QED) is 0.0236. The number of phosphoric ester groups is 1. The second-order valence-corrected chi connectivity index (χ2v) is 20.4. The van der Waals surface area contributed by atoms with Gasteiger partial charge in [0.05, 0.1) is 26.4 Å². The second-order valence-electron chi connectivity index (χ2n) is 19.0. The average Bonchev–Trinajstić information content (AvgIpc) is 3.33. The van der Waals surface area contributed by atoms with Crippen molar-refractivity contribution in [3.8, 4) is 0 Å². The van der Waals surface area contributed by atoms with Gasteiger partial charge in [-0.3, -0.25) is 13.8 Å². The maximum absolute atomic E-state index is 12.7. The average molecular weight is 979 g/mol. The molecule has 3 unspecified atom stereocenters. The van der Waals surface area contributed by atoms with E-state index in [-0.39, 0.29) is 25.6 Å². The Morgan fingerprint density at radius 3 is 1.19 bits per heavy atom. The van der Waals surface area contributed by atoms with Gasteiger partial charge < -0.3 is 24.6 Å². The van der Waals surface area contributed by atoms with E-state index in [0.29, 0.717) is 6.61 Å². The molecule has 3 atom stereocenters. The predicted octanol–water partition coefficient (Wildman–Crippen LogP) is 17.0. The highest BCUT2D eigenvalue weighted by molar-refractivity contribution is 7.47. The summed E-state index contributed by atoms with van der Waals surface area (Å²) in [5, 5.41) is 18.5. The summed E-state index contributed by atoms with van der Waals surface area (Å²) in [7, 11) is -4.53. The molecule has 0 aliphatic heterocycles. The first-order valence-corrected chi connectivity index (χ1v) is 29.8. The first-order chi connectivity index (χ1) is 33.3. The molecule has 0 saturated carbocycles. The molecule has 0 aromatic heterocycles. The predicted molar refractivity (Wildman–Crippen MR) is 288 cm³/mol. The van der Waals surface area contributed by atoms with Crippen molar-refractivity contribution in [1.29, 1.82) is 0 Å². The van der Waals surface area contributed by atoms with Crippen LogP contribution in [0.15, 0.2) is 60.8 Å². The van der Waals surface area contributed by atoms with Gasteiger partial charge in [-0.05, 0) is 83.5 Å². The number of phosphoric acid groups is 1. The van der Waals surface area contributed by atoms with Crippen LogP contribution in [0.5, 0.6) is 0 Å². The summed E-state index contributed by atoms with van der Waals surface area (Å²) in [4.78, 5) is 22.8. The first-order valence-electron chi connectivity index (χ1n) is 28.3. The third-order valence-corrected chi connectivity index (χ3v) is 13.1. The highest BCUT2D eigenvalue weighted by Gasteiger charge is 2.26. The number of esters is 1. The van der Waals surface area contributed by atoms with Gasteiger partial charge in [0.25, 0.3) is 0 Å². The minimum atomic E-state index is -4.53. The van der Waals surface area contributed by atoms with Crippen molar-refractivity contribution in [2.75, 3.05) is 33.0 Å². The van der Waals surface area contributed by atoms with Crippen LogP contribution in [0.1, 0.15) is 258 Å². The van der Waals surface area contributed by atoms with Crippen molar-refractivity contribution in [3.05, 3.63) is 60.8 Å². The van der Waals surface area contributed by atoms with Crippen LogP contribution in [0.3, 0.4) is 0 Å². The normalized spacial score (nSPS) is 14.1. The molecule has 0 aliphatic carbocycles. The van der Waals surface area contributed by atoms with Crippen LogP contribution in [0.4, 0.5) is 0 Å². The van der Waals surface area contributed by atoms with Crippen LogP contribution >= 0.6 is 7.82 Å². The first kappa shape index (κ1) is 66.2. The van der Waals surface area contributed by atoms with Gasteiger partial charge in [-0.2, -0.15) is 0 Å². The van der Waals surface area contributed by atoms with Crippen LogP contribution in [-0.4, -0.2) is 66.3 Å². The Balaban J connectivity index is 4.05. The van der Waals surface area contributed by atoms with E-state index in [4.69, 9.17) is 23.6 Å². The molecule has 0 bridgehead atoms. The van der Waals surface area contributed by atoms with E-state index in [9.17, 15) is 19.4 Å². The molecule has 0 spiro atoms. The van der Waals surface area contributed by atoms with Gasteiger partial charge in [0.15, 0.2) is 0 Å². The zero-order chi connectivity index (χ0) is 49.5. The Bertz CT molecular complexity index is 1250. The van der Waals surface area contributed by atoms with E-state index in [1.54, 1.807) is 0 Å². The number of ether oxygens (including phenoxy) is 2. The van der Waals surface area contributed by atoms with Crippen molar-refractivity contribution < 1.29 is 43.0 Å². The highest BCUT2D eigenvalue weighted by atomic mass is 31.2. The van der Waals surface area contributed by atoms with E-state index in [2.05, 4.69) is 74.6 Å². The topological polar surface area (TPSA) is 132 Å². The Morgan fingerprint density at radius 2 is 0.794 bits per heavy atom. The fraction of sp³-hybridized carbons (Fsp3) is 0.810. The number of carbonyl (C=O) groups is 1. The number of aliphatic hydroxyl groups excluding tert-OH is 2. The molecular formula is C58H107O9P. The molecule has 398 valence electrons. The smallest absolute Gasteiger partial charge is 0.457 e. The highest BCUT2D eigenvalue weighted by Crippen LogP contribution is 2.43. The van der Waals surface area contributed by atoms with Gasteiger partial charge in [-0.25, -0.2) is 4.57 Å². The lowest BCUT2D eigenvalue weighted by Crippen LogP contribution is -2.29. The van der Waals surface area contributed by atoms with E-state index in [1.165, 1.54) is 167 Å². The lowest BCUT2D eigenvalue weighted by Gasteiger charge is -2.20. The van der Waals surface area contributed by atoms with Crippen LogP contribution in [-0.2, 0) is 27.9 Å². The van der Waals surface area contributed by atoms with E-state index < -0.39 is 33.2 Å². The number of hydrogen-bond acceptors (Lipinski definition) is 8. The number of aliphatic hydroxyl groups is 2. The molecule has 0 aliphatic rings. The number of rotatable bonds is 54. The number of allylic oxidation sites excluding steroid dienone is 10. The summed E-state index contributed by atoms with van der Waals surface area (Å²) in [6.07, 6.45) is 66.2. The van der Waals surface area contributed by atoms with Gasteiger partial charge in [0.2, 0.25) is 0 Å². The monoisotopic (exact) mass is 979 g/mol. The second kappa shape index (κ2) is 54.5. The standard InChI is InChI=1S/C58H107O9P/c1-3-5-7-9-11-13-15-17-19-21-23-25-27-29-31-33-35-37-39-41-43-45-47-49-51-64-54-57(55-66-68(62,63)65-53-56(60)52-59)67-58(61)50-48-46-44-42-40-38-36-34-32-30-28-26-24-22-20-18-16-14-12-10-8-6-4-2/h15-18,21-24,28,30,56-57,59-60H,3-14,19-20,25-27,29,31-55H2,1-2H3,(H,62,63)/b17-15-,18-16-,23-21-,24-22-,30-28-. The third kappa shape index (κ3) is 53.5. The SMILES string of the molecule is CCCCCCC/C=C\C/C=C\C/C=C\CCCCCCCCCCC(=O)OC(COCCCCCCCCCCCCCC/C=C\C/C=C\CCCCCCC)COP(=O)(O)OCC(O)CO. The molecule has 3 N–H and O–H groups in total. The van der Waals surface area contributed by atoms with Gasteiger partial charge in [0.1, 0.15) is 12.2 Å². The largest absolute Gasteiger partial charge is 0.472 e. The van der Waals surface area contributed by atoms with Crippen molar-refractivity contribution in [2.24, 2.45) is 0 Å². The summed E-state index contributed by atoms with van der Waals surface area (Å²) >= 11 is 0. The molecule has 9 nitrogen and oxygen atoms in total. The molecule has 0 rings (SSSR count). The van der Waals surface area contributed by atoms with Crippen molar-refractivity contribution in [3.63, 3.8) is 0 Å². The zero-order valence-electron chi connectivity index (χ0n) is 44.1. The summed E-state index contributed by atoms with van der Waals surface area (Å²) in [6.45, 7) is 3.52. The molecule has 0 amide bonds. The van der Waals surface area contributed by atoms with Gasteiger partial charge in [0, 0.05) is 13.0 Å². The van der Waals surface area contributed by atoms with Crippen LogP contribution < -0.4 is 0 Å². The molecule has 0 heterocycles. The van der Waals surface area contributed by atoms with E-state index >= 15 is 0 Å². The minimum Gasteiger partial charge on any atom is -0.457 e. The lowest BCUT2D eigenvalue weighted by atomic mass is 10.0. The van der Waals surface area contributed by atoms with Gasteiger partial charge in [-0.1, -0.05) is 229 Å². The van der Waals surface area contributed by atoms with Crippen LogP contribution in [0.2, 0.25) is 0 Å². The summed E-state index contributed by atoms with van der Waals surface area (Å²) in [5.74, 6) is -0.388. The number of unbranched alkanes of at least 4 members (excludes halogenated alkanes) is 30. The Kier molecular flexibility index (Phi) is 53.0. The molecule has 0 aromatic carbocycles. The number of carbonyl (C=O) groups excluding carboxylic acids is 1. The minimum absolute atomic E-state index is 0.0444. The Morgan fingerprint density at radius 1 is 0.456 bits per heavy atom. The molecule has 0 radical (unpaired) electrons. The maximum atomic E-state index is 12.7. The maximum Gasteiger partial charge on any atom is 0.472 e. The summed E-state index contributed by atoms with van der Waals surface area (Å²) in [6, 6.07) is 0. The molecule has 0 fully saturated rings. The van der Waals surface area contributed by atoms with Crippen molar-refractivity contribution in [1.82, 2.24) is 0 Å². The molecule has 68 heavy (non-hydrogen) atoms. The third-order valence-electron chi connectivity index (χ3n) is 12.2. The summed E-state index contributed by atoms with van der Waals surface area (Å²) in [5.41, 5.74) is 0. The molecule has 0 aromatic rings. The fourth-order valence-corrected chi connectivity index (χ4v) is 8.66. The molecular weight excluding hydrogens is 872 g/mol. The summed E-state index contributed by atoms with van der Waals surface area (Å²) < 4.78 is 33.6. The lowest BCUT2D eigenvalue weighted by molar-refractivity contribution is -0.154. The van der Waals surface area contributed by atoms with Gasteiger partial charge >= 0.3 is 13.8 Å². The zero-order valence-corrected chi connectivity index (χ0v) is 45.0. The van der Waals surface area contributed by atoms with Crippen LogP contribution in [0.25, 0.3) is 0 Å². The van der Waals surface area contributed by atoms with E-state index in [0.717, 1.165) is 70.6 Å². The molecule has 0 saturated heterocycles. The van der Waals surface area contributed by atoms with Crippen molar-refractivity contribution in [2.45, 2.75) is 270 Å². The fourth-order valence-electron chi connectivity index (χ4n) is 7.87. The van der Waals surface area contributed by atoms with Crippen LogP contribution in [0, 0.1) is 0 Å². The Labute approximate surface area is 419 Å². The van der Waals surface area contributed by atoms with E-state index in [1.807, 2.05) is 0 Å².